The molecule has 1 aromatic rings. The first-order valence-corrected chi connectivity index (χ1v) is 7.53. The molecule has 0 aliphatic heterocycles. The largest absolute Gasteiger partial charge is 0.490 e. The van der Waals surface area contributed by atoms with Gasteiger partial charge in [0.25, 0.3) is 0 Å². The van der Waals surface area contributed by atoms with E-state index in [1.165, 1.54) is 0 Å². The first kappa shape index (κ1) is 18.9. The predicted molar refractivity (Wildman–Crippen MR) is 86.9 cm³/mol. The summed E-state index contributed by atoms with van der Waals surface area (Å²) in [6.07, 6.45) is -0.242. The van der Waals surface area contributed by atoms with Crippen molar-refractivity contribution in [2.45, 2.75) is 32.4 Å². The molecule has 1 atom stereocenters. The van der Waals surface area contributed by atoms with Gasteiger partial charge in [-0.05, 0) is 17.7 Å². The van der Waals surface area contributed by atoms with Gasteiger partial charge in [0, 0.05) is 12.6 Å². The zero-order valence-electron chi connectivity index (χ0n) is 13.6. The number of rotatable bonds is 10. The van der Waals surface area contributed by atoms with Gasteiger partial charge in [-0.25, -0.2) is 0 Å². The normalized spacial score (nSPS) is 12.0. The van der Waals surface area contributed by atoms with Gasteiger partial charge in [-0.2, -0.15) is 0 Å². The Morgan fingerprint density at radius 2 is 1.87 bits per heavy atom. The number of esters is 1. The quantitative estimate of drug-likeness (QED) is 0.520. The Bertz CT molecular complexity index is 503. The fourth-order valence-electron chi connectivity index (χ4n) is 1.83. The lowest BCUT2D eigenvalue weighted by Crippen LogP contribution is -2.39. The van der Waals surface area contributed by atoms with E-state index in [4.69, 9.17) is 20.9 Å². The average molecular weight is 323 g/mol. The van der Waals surface area contributed by atoms with Gasteiger partial charge in [0.15, 0.2) is 0 Å². The molecule has 0 aliphatic carbocycles. The molecule has 0 aliphatic rings. The Balaban J connectivity index is 2.54. The monoisotopic (exact) mass is 323 g/mol. The lowest BCUT2D eigenvalue weighted by atomic mass is 10.1. The maximum absolute atomic E-state index is 11.4. The molecule has 0 bridgehead atoms. The van der Waals surface area contributed by atoms with Crippen molar-refractivity contribution in [3.8, 4) is 5.75 Å². The Morgan fingerprint density at radius 1 is 1.22 bits per heavy atom. The molecule has 1 rings (SSSR count). The van der Waals surface area contributed by atoms with E-state index >= 15 is 0 Å². The van der Waals surface area contributed by atoms with E-state index in [1.807, 2.05) is 13.8 Å². The minimum Gasteiger partial charge on any atom is -0.490 e. The number of nitrogens with two attached hydrogens (primary N) is 2. The summed E-state index contributed by atoms with van der Waals surface area (Å²) in [5.41, 5.74) is 11.2. The second kappa shape index (κ2) is 9.81. The summed E-state index contributed by atoms with van der Waals surface area (Å²) in [6, 6.07) is 7.30. The highest BCUT2D eigenvalue weighted by molar-refractivity contribution is 5.76. The topological polar surface area (TPSA) is 117 Å². The molecule has 0 heterocycles. The van der Waals surface area contributed by atoms with Crippen molar-refractivity contribution in [1.82, 2.24) is 5.32 Å². The minimum atomic E-state index is -0.471. The number of carbonyl (C=O) groups excluding carboxylic acids is 2. The van der Waals surface area contributed by atoms with Crippen LogP contribution in [0.4, 0.5) is 0 Å². The number of carbonyl (C=O) groups is 2. The van der Waals surface area contributed by atoms with Crippen molar-refractivity contribution in [3.63, 3.8) is 0 Å². The lowest BCUT2D eigenvalue weighted by molar-refractivity contribution is -0.148. The van der Waals surface area contributed by atoms with Crippen LogP contribution in [0.15, 0.2) is 24.3 Å². The van der Waals surface area contributed by atoms with Gasteiger partial charge in [-0.15, -0.1) is 0 Å². The Labute approximate surface area is 136 Å². The van der Waals surface area contributed by atoms with Crippen LogP contribution in [0.25, 0.3) is 0 Å². The van der Waals surface area contributed by atoms with Crippen LogP contribution in [0.5, 0.6) is 5.75 Å². The zero-order valence-corrected chi connectivity index (χ0v) is 13.6. The molecule has 0 saturated heterocycles. The number of hydrogen-bond acceptors (Lipinski definition) is 6. The van der Waals surface area contributed by atoms with Gasteiger partial charge in [0.05, 0.1) is 13.0 Å². The molecule has 5 N–H and O–H groups in total. The Morgan fingerprint density at radius 3 is 2.39 bits per heavy atom. The summed E-state index contributed by atoms with van der Waals surface area (Å²) in [5, 5.41) is 3.19. The maximum Gasteiger partial charge on any atom is 0.320 e. The van der Waals surface area contributed by atoms with Gasteiger partial charge in [0.2, 0.25) is 5.91 Å². The second-order valence-electron chi connectivity index (χ2n) is 5.48. The lowest BCUT2D eigenvalue weighted by Gasteiger charge is -2.20. The van der Waals surface area contributed by atoms with Gasteiger partial charge in [0.1, 0.15) is 18.5 Å². The van der Waals surface area contributed by atoms with Crippen molar-refractivity contribution >= 4 is 11.9 Å². The van der Waals surface area contributed by atoms with Crippen LogP contribution in [-0.2, 0) is 20.7 Å². The van der Waals surface area contributed by atoms with Crippen LogP contribution in [0.3, 0.4) is 0 Å². The van der Waals surface area contributed by atoms with Crippen molar-refractivity contribution in [1.29, 1.82) is 0 Å². The molecule has 7 heteroatoms. The van der Waals surface area contributed by atoms with Crippen LogP contribution >= 0.6 is 0 Å². The number of amides is 1. The Hall–Kier alpha value is -2.12. The standard InChI is InChI=1S/C16H25N3O4/c1-11(2)19-9-14(23-16(21)8-17)10-22-13-5-3-12(4-6-13)7-15(18)20/h3-6,11,14,19H,7-10,17H2,1-2H3,(H2,18,20). The van der Waals surface area contributed by atoms with Crippen LogP contribution in [-0.4, -0.2) is 43.7 Å². The van der Waals surface area contributed by atoms with Crippen molar-refractivity contribution < 1.29 is 19.1 Å². The third-order valence-corrected chi connectivity index (χ3v) is 2.96. The highest BCUT2D eigenvalue weighted by atomic mass is 16.6. The summed E-state index contributed by atoms with van der Waals surface area (Å²) < 4.78 is 10.9. The van der Waals surface area contributed by atoms with Gasteiger partial charge >= 0.3 is 5.97 Å². The van der Waals surface area contributed by atoms with E-state index in [1.54, 1.807) is 24.3 Å². The van der Waals surface area contributed by atoms with E-state index in [9.17, 15) is 9.59 Å². The maximum atomic E-state index is 11.4. The minimum absolute atomic E-state index is 0.167. The molecule has 23 heavy (non-hydrogen) atoms. The van der Waals surface area contributed by atoms with Crippen LogP contribution in [0, 0.1) is 0 Å². The van der Waals surface area contributed by atoms with E-state index in [0.717, 1.165) is 5.56 Å². The van der Waals surface area contributed by atoms with Crippen molar-refractivity contribution in [2.75, 3.05) is 19.7 Å². The average Bonchev–Trinajstić information content (AvgIpc) is 2.50. The van der Waals surface area contributed by atoms with E-state index in [2.05, 4.69) is 5.32 Å². The van der Waals surface area contributed by atoms with Gasteiger partial charge in [-0.3, -0.25) is 9.59 Å². The highest BCUT2D eigenvalue weighted by Crippen LogP contribution is 2.13. The first-order chi connectivity index (χ1) is 10.9. The highest BCUT2D eigenvalue weighted by Gasteiger charge is 2.15. The van der Waals surface area contributed by atoms with Crippen molar-refractivity contribution in [3.05, 3.63) is 29.8 Å². The fraction of sp³-hybridized carbons (Fsp3) is 0.500. The smallest absolute Gasteiger partial charge is 0.320 e. The molecular weight excluding hydrogens is 298 g/mol. The molecule has 0 aromatic heterocycles. The second-order valence-corrected chi connectivity index (χ2v) is 5.48. The van der Waals surface area contributed by atoms with E-state index < -0.39 is 12.1 Å². The van der Waals surface area contributed by atoms with Crippen LogP contribution in [0.1, 0.15) is 19.4 Å². The third-order valence-electron chi connectivity index (χ3n) is 2.96. The van der Waals surface area contributed by atoms with Crippen molar-refractivity contribution in [2.24, 2.45) is 11.5 Å². The van der Waals surface area contributed by atoms with Gasteiger partial charge < -0.3 is 26.3 Å². The van der Waals surface area contributed by atoms with Crippen LogP contribution in [0.2, 0.25) is 0 Å². The summed E-state index contributed by atoms with van der Waals surface area (Å²) in [5.74, 6) is -0.232. The zero-order chi connectivity index (χ0) is 17.2. The molecule has 0 saturated carbocycles. The predicted octanol–water partition coefficient (Wildman–Crippen LogP) is -0.0383. The molecule has 1 aromatic carbocycles. The van der Waals surface area contributed by atoms with Gasteiger partial charge in [-0.1, -0.05) is 26.0 Å². The molecule has 128 valence electrons. The third kappa shape index (κ3) is 8.18. The number of primary amides is 1. The summed E-state index contributed by atoms with van der Waals surface area (Å²) in [7, 11) is 0. The molecule has 0 fully saturated rings. The number of ether oxygens (including phenoxy) is 2. The number of nitrogens with one attached hydrogen (secondary N) is 1. The Kier molecular flexibility index (Phi) is 8.07. The number of hydrogen-bond donors (Lipinski definition) is 3. The molecule has 7 nitrogen and oxygen atoms in total. The summed E-state index contributed by atoms with van der Waals surface area (Å²) in [6.45, 7) is 4.52. The summed E-state index contributed by atoms with van der Waals surface area (Å²) >= 11 is 0. The molecule has 0 spiro atoms. The molecule has 1 amide bonds. The van der Waals surface area contributed by atoms with Crippen LogP contribution < -0.4 is 21.5 Å². The first-order valence-electron chi connectivity index (χ1n) is 7.53. The molecule has 1 unspecified atom stereocenters. The van der Waals surface area contributed by atoms with E-state index in [-0.39, 0.29) is 31.5 Å². The molecule has 0 radical (unpaired) electrons. The van der Waals surface area contributed by atoms with E-state index in [0.29, 0.717) is 12.3 Å². The fourth-order valence-corrected chi connectivity index (χ4v) is 1.83. The number of benzene rings is 1. The SMILES string of the molecule is CC(C)NCC(COc1ccc(CC(N)=O)cc1)OC(=O)CN. The summed E-state index contributed by atoms with van der Waals surface area (Å²) in [4.78, 5) is 22.2. The molecular formula is C16H25N3O4.